The van der Waals surface area contributed by atoms with Crippen LogP contribution in [-0.4, -0.2) is 10.9 Å². The number of amides is 1. The maximum absolute atomic E-state index is 11.0. The zero-order valence-corrected chi connectivity index (χ0v) is 8.92. The maximum atomic E-state index is 11.0. The SMILES string of the molecule is Cc1ccc2[nH]c(C)c(CC(N)=O)c2c1. The fourth-order valence-electron chi connectivity index (χ4n) is 1.90. The van der Waals surface area contributed by atoms with Crippen LogP contribution in [0.5, 0.6) is 0 Å². The number of carbonyl (C=O) groups is 1. The standard InChI is InChI=1S/C12H14N2O/c1-7-3-4-11-10(5-7)9(6-12(13)15)8(2)14-11/h3-5,14H,6H2,1-2H3,(H2,13,15). The number of fused-ring (bicyclic) bond motifs is 1. The molecule has 1 aromatic heterocycles. The van der Waals surface area contributed by atoms with E-state index in [1.54, 1.807) is 0 Å². The average Bonchev–Trinajstić information content (AvgIpc) is 2.43. The van der Waals surface area contributed by atoms with Crippen molar-refractivity contribution in [3.63, 3.8) is 0 Å². The number of nitrogens with one attached hydrogen (secondary N) is 1. The molecule has 78 valence electrons. The monoisotopic (exact) mass is 202 g/mol. The molecule has 0 bridgehead atoms. The molecule has 0 atom stereocenters. The Hall–Kier alpha value is -1.77. The molecule has 3 nitrogen and oxygen atoms in total. The van der Waals surface area contributed by atoms with E-state index in [0.717, 1.165) is 22.2 Å². The van der Waals surface area contributed by atoms with Gasteiger partial charge in [-0.1, -0.05) is 11.6 Å². The molecule has 0 radical (unpaired) electrons. The number of aromatic nitrogens is 1. The lowest BCUT2D eigenvalue weighted by Gasteiger charge is -1.98. The van der Waals surface area contributed by atoms with Crippen LogP contribution in [0, 0.1) is 13.8 Å². The van der Waals surface area contributed by atoms with Crippen molar-refractivity contribution in [1.82, 2.24) is 4.98 Å². The predicted molar refractivity (Wildman–Crippen MR) is 60.7 cm³/mol. The van der Waals surface area contributed by atoms with Crippen LogP contribution in [0.2, 0.25) is 0 Å². The van der Waals surface area contributed by atoms with Gasteiger partial charge in [-0.3, -0.25) is 4.79 Å². The second-order valence-electron chi connectivity index (χ2n) is 3.92. The number of nitrogens with two attached hydrogens (primary N) is 1. The molecule has 3 heteroatoms. The van der Waals surface area contributed by atoms with Crippen molar-refractivity contribution in [3.8, 4) is 0 Å². The van der Waals surface area contributed by atoms with Gasteiger partial charge in [0.05, 0.1) is 6.42 Å². The van der Waals surface area contributed by atoms with Gasteiger partial charge in [-0.15, -0.1) is 0 Å². The molecule has 0 aliphatic rings. The Balaban J connectivity index is 2.65. The minimum atomic E-state index is -0.291. The molecule has 0 unspecified atom stereocenters. The van der Waals surface area contributed by atoms with Gasteiger partial charge in [0, 0.05) is 16.6 Å². The summed E-state index contributed by atoms with van der Waals surface area (Å²) in [6.45, 7) is 4.00. The first-order valence-corrected chi connectivity index (χ1v) is 4.94. The van der Waals surface area contributed by atoms with E-state index in [4.69, 9.17) is 5.73 Å². The zero-order valence-electron chi connectivity index (χ0n) is 8.92. The van der Waals surface area contributed by atoms with Crippen molar-refractivity contribution < 1.29 is 4.79 Å². The Morgan fingerprint density at radius 2 is 2.13 bits per heavy atom. The third kappa shape index (κ3) is 1.73. The molecule has 0 fully saturated rings. The van der Waals surface area contributed by atoms with Gasteiger partial charge < -0.3 is 10.7 Å². The van der Waals surface area contributed by atoms with Gasteiger partial charge in [-0.25, -0.2) is 0 Å². The van der Waals surface area contributed by atoms with Crippen LogP contribution < -0.4 is 5.73 Å². The number of aryl methyl sites for hydroxylation is 2. The van der Waals surface area contributed by atoms with Crippen LogP contribution >= 0.6 is 0 Å². The summed E-state index contributed by atoms with van der Waals surface area (Å²) >= 11 is 0. The Kier molecular flexibility index (Phi) is 2.23. The molecule has 2 aromatic rings. The summed E-state index contributed by atoms with van der Waals surface area (Å²) < 4.78 is 0. The van der Waals surface area contributed by atoms with Gasteiger partial charge in [0.1, 0.15) is 0 Å². The third-order valence-electron chi connectivity index (χ3n) is 2.63. The fraction of sp³-hybridized carbons (Fsp3) is 0.250. The first kappa shape index (κ1) is 9.77. The van der Waals surface area contributed by atoms with E-state index in [0.29, 0.717) is 6.42 Å². The molecule has 0 aliphatic carbocycles. The van der Waals surface area contributed by atoms with Crippen molar-refractivity contribution in [2.24, 2.45) is 5.73 Å². The van der Waals surface area contributed by atoms with Gasteiger partial charge in [0.15, 0.2) is 0 Å². The Labute approximate surface area is 88.3 Å². The van der Waals surface area contributed by atoms with E-state index in [2.05, 4.69) is 11.1 Å². The van der Waals surface area contributed by atoms with Crippen LogP contribution in [0.15, 0.2) is 18.2 Å². The van der Waals surface area contributed by atoms with Crippen molar-refractivity contribution >= 4 is 16.8 Å². The smallest absolute Gasteiger partial charge is 0.221 e. The number of aromatic amines is 1. The van der Waals surface area contributed by atoms with Crippen LogP contribution in [0.4, 0.5) is 0 Å². The van der Waals surface area contributed by atoms with Crippen molar-refractivity contribution in [2.45, 2.75) is 20.3 Å². The minimum absolute atomic E-state index is 0.291. The number of benzene rings is 1. The summed E-state index contributed by atoms with van der Waals surface area (Å²) in [6.07, 6.45) is 0.301. The van der Waals surface area contributed by atoms with Gasteiger partial charge in [0.25, 0.3) is 0 Å². The summed E-state index contributed by atoms with van der Waals surface area (Å²) in [5.41, 5.74) is 9.52. The lowest BCUT2D eigenvalue weighted by Crippen LogP contribution is -2.13. The van der Waals surface area contributed by atoms with Gasteiger partial charge in [0.2, 0.25) is 5.91 Å². The summed E-state index contributed by atoms with van der Waals surface area (Å²) in [5.74, 6) is -0.291. The number of primary amides is 1. The Bertz CT molecular complexity index is 526. The largest absolute Gasteiger partial charge is 0.369 e. The van der Waals surface area contributed by atoms with E-state index < -0.39 is 0 Å². The van der Waals surface area contributed by atoms with E-state index in [9.17, 15) is 4.79 Å². The fourth-order valence-corrected chi connectivity index (χ4v) is 1.90. The van der Waals surface area contributed by atoms with Crippen LogP contribution in [0.25, 0.3) is 10.9 Å². The van der Waals surface area contributed by atoms with E-state index in [1.807, 2.05) is 26.0 Å². The zero-order chi connectivity index (χ0) is 11.0. The molecular weight excluding hydrogens is 188 g/mol. The normalized spacial score (nSPS) is 10.8. The number of rotatable bonds is 2. The average molecular weight is 202 g/mol. The lowest BCUT2D eigenvalue weighted by atomic mass is 10.1. The van der Waals surface area contributed by atoms with Gasteiger partial charge in [-0.2, -0.15) is 0 Å². The highest BCUT2D eigenvalue weighted by molar-refractivity contribution is 5.90. The van der Waals surface area contributed by atoms with Gasteiger partial charge >= 0.3 is 0 Å². The summed E-state index contributed by atoms with van der Waals surface area (Å²) in [5, 5.41) is 1.10. The maximum Gasteiger partial charge on any atom is 0.221 e. The highest BCUT2D eigenvalue weighted by atomic mass is 16.1. The molecule has 1 aromatic carbocycles. The highest BCUT2D eigenvalue weighted by Crippen LogP contribution is 2.23. The van der Waals surface area contributed by atoms with Crippen LogP contribution in [0.3, 0.4) is 0 Å². The second-order valence-corrected chi connectivity index (χ2v) is 3.92. The molecule has 1 heterocycles. The van der Waals surface area contributed by atoms with Crippen molar-refractivity contribution in [2.75, 3.05) is 0 Å². The van der Waals surface area contributed by atoms with E-state index in [1.165, 1.54) is 5.56 Å². The molecule has 0 saturated carbocycles. The minimum Gasteiger partial charge on any atom is -0.369 e. The van der Waals surface area contributed by atoms with E-state index in [-0.39, 0.29) is 5.91 Å². The molecule has 0 spiro atoms. The van der Waals surface area contributed by atoms with Crippen LogP contribution in [0.1, 0.15) is 16.8 Å². The molecule has 2 rings (SSSR count). The Morgan fingerprint density at radius 3 is 2.80 bits per heavy atom. The summed E-state index contributed by atoms with van der Waals surface area (Å²) in [4.78, 5) is 14.2. The van der Waals surface area contributed by atoms with E-state index >= 15 is 0 Å². The first-order chi connectivity index (χ1) is 7.08. The Morgan fingerprint density at radius 1 is 1.40 bits per heavy atom. The van der Waals surface area contributed by atoms with Gasteiger partial charge in [-0.05, 0) is 31.5 Å². The number of carbonyl (C=O) groups excluding carboxylic acids is 1. The van der Waals surface area contributed by atoms with Crippen molar-refractivity contribution in [3.05, 3.63) is 35.0 Å². The molecule has 15 heavy (non-hydrogen) atoms. The summed E-state index contributed by atoms with van der Waals surface area (Å²) in [7, 11) is 0. The molecule has 1 amide bonds. The van der Waals surface area contributed by atoms with Crippen molar-refractivity contribution in [1.29, 1.82) is 0 Å². The molecule has 0 saturated heterocycles. The third-order valence-corrected chi connectivity index (χ3v) is 2.63. The first-order valence-electron chi connectivity index (χ1n) is 4.94. The summed E-state index contributed by atoms with van der Waals surface area (Å²) in [6, 6.07) is 6.16. The topological polar surface area (TPSA) is 58.9 Å². The number of hydrogen-bond donors (Lipinski definition) is 2. The molecule has 3 N–H and O–H groups in total. The second kappa shape index (κ2) is 3.42. The molecule has 0 aliphatic heterocycles. The highest BCUT2D eigenvalue weighted by Gasteiger charge is 2.10. The number of hydrogen-bond acceptors (Lipinski definition) is 1. The lowest BCUT2D eigenvalue weighted by molar-refractivity contribution is -0.117. The quantitative estimate of drug-likeness (QED) is 0.766. The predicted octanol–water partition coefficient (Wildman–Crippen LogP) is 1.81. The van der Waals surface area contributed by atoms with Crippen LogP contribution in [-0.2, 0) is 11.2 Å². The number of H-pyrrole nitrogens is 1. The molecular formula is C12H14N2O.